The van der Waals surface area contributed by atoms with Crippen LogP contribution in [0.2, 0.25) is 10.3 Å². The smallest absolute Gasteiger partial charge is 0.465 e. The van der Waals surface area contributed by atoms with Crippen LogP contribution in [0.15, 0.2) is 244 Å². The van der Waals surface area contributed by atoms with Gasteiger partial charge in [0.2, 0.25) is 0 Å². The van der Waals surface area contributed by atoms with Crippen LogP contribution in [-0.2, 0) is 68.1 Å². The number of esters is 2. The Morgan fingerprint density at radius 2 is 1.04 bits per heavy atom. The molecule has 6 heterocycles. The van der Waals surface area contributed by atoms with Crippen LogP contribution >= 0.6 is 39.1 Å². The highest BCUT2D eigenvalue weighted by atomic mass is 79.9. The van der Waals surface area contributed by atoms with Gasteiger partial charge in [0, 0.05) is 88.9 Å². The van der Waals surface area contributed by atoms with E-state index in [1.165, 1.54) is 90.1 Å². The molecule has 614 valence electrons. The SMILES string of the molecule is C.CC(=O)c1cccc(CBr)c1.CC(=O)c1cccc(Cn2nc(Cl)ccc2=O)c1.CC1C=C([N+](=O)[O-])NN1.COC(=O)c1cccc(Cn2nc(-c3cccc(CCO)c3)ccc2=O)c1.COC(=O)c1cccc(Cn2nc(-c3cccc(CCOS(C)(=O)=O)c3)ccc2=O)c1.O=c1ccc(Cl)n[nH]1.ONCc1cncc(B(O)O)c1. The maximum absolute atomic E-state index is 12.3. The topological polar surface area (TPSA) is 454 Å². The second-order valence-electron chi connectivity index (χ2n) is 24.7. The average Bonchev–Trinajstić information content (AvgIpc) is 1.38. The number of nitrogens with one attached hydrogen (secondary N) is 4. The Morgan fingerprint density at radius 1 is 0.598 bits per heavy atom. The molecule has 6 aromatic carbocycles. The molecule has 32 nitrogen and oxygen atoms in total. The van der Waals surface area contributed by atoms with Crippen LogP contribution < -0.4 is 44.0 Å². The number of alkyl halides is 1. The normalized spacial score (nSPS) is 11.5. The van der Waals surface area contributed by atoms with Gasteiger partial charge in [0.1, 0.15) is 10.3 Å². The fourth-order valence-electron chi connectivity index (χ4n) is 10.1. The number of aromatic amines is 1. The molecule has 1 unspecified atom stereocenters. The van der Waals surface area contributed by atoms with E-state index in [2.05, 4.69) is 57.3 Å². The van der Waals surface area contributed by atoms with Crippen molar-refractivity contribution in [3.05, 3.63) is 348 Å². The average molecular weight is 1730 g/mol. The first-order valence-corrected chi connectivity index (χ1v) is 38.5. The summed E-state index contributed by atoms with van der Waals surface area (Å²) in [7, 11) is -2.36. The minimum Gasteiger partial charge on any atom is -0.465 e. The molecular weight excluding hydrogens is 1640 g/mol. The number of benzene rings is 6. The number of nitrogens with zero attached hydrogens (tertiary/aromatic N) is 9. The van der Waals surface area contributed by atoms with Crippen LogP contribution in [0.3, 0.4) is 0 Å². The molecule has 0 saturated heterocycles. The lowest BCUT2D eigenvalue weighted by atomic mass is 9.81. The third-order valence-corrected chi connectivity index (χ3v) is 17.3. The Balaban J connectivity index is 0.000000257. The fraction of sp³-hybridized carbons (Fsp3) is 0.212. The number of pyridine rings is 1. The molecule has 11 aromatic rings. The van der Waals surface area contributed by atoms with Crippen molar-refractivity contribution in [2.75, 3.05) is 33.7 Å². The number of ketones is 2. The number of carbonyl (C=O) groups is 4. The predicted octanol–water partition coefficient (Wildman–Crippen LogP) is 8.38. The van der Waals surface area contributed by atoms with Gasteiger partial charge in [-0.15, -0.1) is 0 Å². The summed E-state index contributed by atoms with van der Waals surface area (Å²) < 4.78 is 40.4. The Morgan fingerprint density at radius 3 is 1.45 bits per heavy atom. The molecule has 8 N–H and O–H groups in total. The summed E-state index contributed by atoms with van der Waals surface area (Å²) in [5, 5.41) is 64.7. The summed E-state index contributed by atoms with van der Waals surface area (Å²) in [5.74, 6) is -0.738. The number of rotatable bonds is 23. The van der Waals surface area contributed by atoms with Gasteiger partial charge in [0.05, 0.1) is 75.3 Å². The first-order valence-electron chi connectivity index (χ1n) is 34.8. The van der Waals surface area contributed by atoms with E-state index >= 15 is 0 Å². The van der Waals surface area contributed by atoms with Crippen LogP contribution in [0.5, 0.6) is 0 Å². The zero-order chi connectivity index (χ0) is 84.9. The number of ether oxygens (including phenoxy) is 2. The van der Waals surface area contributed by atoms with E-state index < -0.39 is 34.1 Å². The summed E-state index contributed by atoms with van der Waals surface area (Å²) in [6.07, 6.45) is 6.38. The number of aliphatic hydroxyl groups is 1. The summed E-state index contributed by atoms with van der Waals surface area (Å²) in [6.45, 7) is 5.99. The molecule has 1 aliphatic rings. The Kier molecular flexibility index (Phi) is 40.1. The van der Waals surface area contributed by atoms with E-state index in [1.807, 2.05) is 97.3 Å². The van der Waals surface area contributed by atoms with E-state index in [0.717, 1.165) is 61.7 Å². The summed E-state index contributed by atoms with van der Waals surface area (Å²) in [5.41, 5.74) is 17.5. The Labute approximate surface area is 690 Å². The largest absolute Gasteiger partial charge is 0.490 e. The van der Waals surface area contributed by atoms with Gasteiger partial charge >= 0.3 is 24.9 Å². The molecule has 0 amide bonds. The molecular formula is C80H85BBrCl2N13O19S. The van der Waals surface area contributed by atoms with Crippen LogP contribution in [0.4, 0.5) is 0 Å². The third kappa shape index (κ3) is 33.8. The van der Waals surface area contributed by atoms with Gasteiger partial charge in [-0.2, -0.15) is 39.7 Å². The summed E-state index contributed by atoms with van der Waals surface area (Å²) in [4.78, 5) is 105. The zero-order valence-corrected chi connectivity index (χ0v) is 67.2. The molecule has 0 saturated carbocycles. The number of carbonyl (C=O) groups excluding carboxylic acids is 4. The van der Waals surface area contributed by atoms with Gasteiger partial charge in [-0.3, -0.25) is 37.9 Å². The first-order chi connectivity index (χ1) is 55.4. The predicted molar refractivity (Wildman–Crippen MR) is 445 cm³/mol. The highest BCUT2D eigenvalue weighted by Gasteiger charge is 2.19. The van der Waals surface area contributed by atoms with E-state index in [9.17, 15) is 56.9 Å². The second kappa shape index (κ2) is 49.0. The van der Waals surface area contributed by atoms with Crippen molar-refractivity contribution in [1.29, 1.82) is 0 Å². The van der Waals surface area contributed by atoms with E-state index in [-0.39, 0.29) is 91.1 Å². The second-order valence-corrected chi connectivity index (χ2v) is 27.7. The van der Waals surface area contributed by atoms with Crippen molar-refractivity contribution in [3.63, 3.8) is 0 Å². The monoisotopic (exact) mass is 1720 g/mol. The molecule has 0 bridgehead atoms. The Bertz CT molecular complexity index is 5560. The minimum atomic E-state index is -3.49. The summed E-state index contributed by atoms with van der Waals surface area (Å²) >= 11 is 14.4. The lowest BCUT2D eigenvalue weighted by molar-refractivity contribution is -0.431. The van der Waals surface area contributed by atoms with Crippen molar-refractivity contribution in [1.82, 2.24) is 60.9 Å². The molecule has 37 heteroatoms. The highest BCUT2D eigenvalue weighted by molar-refractivity contribution is 9.08. The van der Waals surface area contributed by atoms with Gasteiger partial charge in [-0.25, -0.2) is 34.2 Å². The van der Waals surface area contributed by atoms with Crippen molar-refractivity contribution in [2.24, 2.45) is 0 Å². The van der Waals surface area contributed by atoms with E-state index in [1.54, 1.807) is 85.8 Å². The maximum atomic E-state index is 12.3. The van der Waals surface area contributed by atoms with Crippen molar-refractivity contribution < 1.29 is 66.5 Å². The molecule has 0 radical (unpaired) electrons. The quantitative estimate of drug-likeness (QED) is 0.00566. The van der Waals surface area contributed by atoms with Crippen LogP contribution in [0.25, 0.3) is 22.5 Å². The molecule has 1 atom stereocenters. The summed E-state index contributed by atoms with van der Waals surface area (Å²) in [6, 6.07) is 57.0. The van der Waals surface area contributed by atoms with Gasteiger partial charge in [-0.1, -0.05) is 150 Å². The number of hydrogen-bond acceptors (Lipinski definition) is 27. The van der Waals surface area contributed by atoms with Gasteiger partial charge < -0.3 is 39.9 Å². The first kappa shape index (κ1) is 95.6. The number of aliphatic hydroxyl groups excluding tert-OH is 1. The molecule has 117 heavy (non-hydrogen) atoms. The lowest BCUT2D eigenvalue weighted by Crippen LogP contribution is -2.31. The number of hydrazine groups is 1. The van der Waals surface area contributed by atoms with Crippen LogP contribution in [0.1, 0.15) is 109 Å². The number of methoxy groups -OCH3 is 2. The maximum Gasteiger partial charge on any atom is 0.490 e. The van der Waals surface area contributed by atoms with Crippen LogP contribution in [0, 0.1) is 10.1 Å². The van der Waals surface area contributed by atoms with E-state index in [0.29, 0.717) is 63.6 Å². The number of hydrogen-bond donors (Lipinski definition) is 8. The number of Topliss-reactive ketones (excluding diaryl/α,β-unsaturated/α-hetero) is 2. The fourth-order valence-corrected chi connectivity index (χ4v) is 11.1. The van der Waals surface area contributed by atoms with E-state index in [4.69, 9.17) is 57.2 Å². The van der Waals surface area contributed by atoms with Crippen LogP contribution in [-0.4, -0.2) is 149 Å². The number of aromatic nitrogens is 9. The highest BCUT2D eigenvalue weighted by Crippen LogP contribution is 2.21. The third-order valence-electron chi connectivity index (χ3n) is 15.7. The lowest BCUT2D eigenvalue weighted by Gasteiger charge is -2.09. The number of H-pyrrole nitrogens is 1. The molecule has 0 spiro atoms. The van der Waals surface area contributed by atoms with Crippen molar-refractivity contribution in [2.45, 2.75) is 78.6 Å². The van der Waals surface area contributed by atoms with Crippen molar-refractivity contribution in [3.8, 4) is 22.5 Å². The molecule has 5 aromatic heterocycles. The van der Waals surface area contributed by atoms with Gasteiger partial charge in [0.25, 0.3) is 32.4 Å². The number of hydroxylamine groups is 1. The molecule has 0 aliphatic carbocycles. The number of halogens is 3. The van der Waals surface area contributed by atoms with Crippen molar-refractivity contribution >= 4 is 85.3 Å². The van der Waals surface area contributed by atoms with Gasteiger partial charge in [0.15, 0.2) is 11.6 Å². The standard InChI is InChI=1S/C22H22N2O6S.C21H20N2O4.C13H11ClN2O2.C9H9BrO.C6H9BN2O3.C4H3ClN2O.C4H7N3O2.CH4/c1-29-22(26)19-8-4-6-17(14-19)15-24-21(25)10-9-20(23-24)18-7-3-5-16(13-18)11-12-30-31(2,27)28;1-27-21(26)18-7-3-5-16(13-18)14-23-20(25)9-8-19(22-23)17-6-2-4-15(12-17)10-11-24;1-9(17)11-4-2-3-10(7-11)8-16-13(18)6-5-12(14)15-16;1-7(11)9-4-2-3-8(5-9)6-10;10-7(11)6-1-5(3-9-12)2-8-4-6;5-3-1-2-4(8)7-6-3;1-3-2-4(6-5-3)7(8)9;/h3-10,13-14H,11-12,15H2,1-2H3;2-9,12-13,24H,10-11,14H2,1H3;2-7H,8H2,1H3;2-5H,6H2,1H3;1-2,4,9-12H,3H2;1-2H,(H,7,8);2-3,5-6H,1H3;1H4. The Hall–Kier alpha value is -12.0. The molecule has 1 aliphatic heterocycles. The number of nitro groups is 1. The molecule has 12 rings (SSSR count). The van der Waals surface area contributed by atoms with Gasteiger partial charge in [-0.05, 0) is 150 Å². The minimum absolute atomic E-state index is 0. The molecule has 0 fully saturated rings. The zero-order valence-electron chi connectivity index (χ0n) is 63.3.